The summed E-state index contributed by atoms with van der Waals surface area (Å²) in [6.45, 7) is 5.20. The van der Waals surface area contributed by atoms with Crippen molar-refractivity contribution in [2.75, 3.05) is 0 Å². The third-order valence-electron chi connectivity index (χ3n) is 3.82. The zero-order valence-corrected chi connectivity index (χ0v) is 12.3. The lowest BCUT2D eigenvalue weighted by Gasteiger charge is -2.12. The number of hydrogen-bond donors (Lipinski definition) is 1. The van der Waals surface area contributed by atoms with Gasteiger partial charge < -0.3 is 5.32 Å². The molecular weight excluding hydrogens is 248 g/mol. The Morgan fingerprint density at radius 2 is 2.15 bits per heavy atom. The molecular formula is C16H22N4. The molecule has 1 aliphatic rings. The molecule has 1 fully saturated rings. The van der Waals surface area contributed by atoms with Crippen LogP contribution in [0.5, 0.6) is 0 Å². The summed E-state index contributed by atoms with van der Waals surface area (Å²) < 4.78 is 2.09. The molecule has 1 N–H and O–H groups in total. The van der Waals surface area contributed by atoms with Crippen molar-refractivity contribution in [1.82, 2.24) is 20.1 Å². The van der Waals surface area contributed by atoms with Crippen molar-refractivity contribution in [2.24, 2.45) is 0 Å². The van der Waals surface area contributed by atoms with E-state index in [9.17, 15) is 0 Å². The van der Waals surface area contributed by atoms with E-state index in [1.807, 2.05) is 12.4 Å². The largest absolute Gasteiger partial charge is 0.310 e. The highest BCUT2D eigenvalue weighted by molar-refractivity contribution is 5.40. The maximum absolute atomic E-state index is 4.73. The van der Waals surface area contributed by atoms with Gasteiger partial charge >= 0.3 is 0 Å². The van der Waals surface area contributed by atoms with Crippen molar-refractivity contribution in [1.29, 1.82) is 0 Å². The first-order valence-electron chi connectivity index (χ1n) is 7.56. The van der Waals surface area contributed by atoms with Crippen LogP contribution in [0.2, 0.25) is 0 Å². The highest BCUT2D eigenvalue weighted by Gasteiger charge is 2.21. The molecule has 0 spiro atoms. The molecule has 0 saturated heterocycles. The van der Waals surface area contributed by atoms with Crippen LogP contribution >= 0.6 is 0 Å². The van der Waals surface area contributed by atoms with Crippen molar-refractivity contribution in [3.63, 3.8) is 0 Å². The van der Waals surface area contributed by atoms with E-state index in [4.69, 9.17) is 5.10 Å². The minimum absolute atomic E-state index is 0.706. The van der Waals surface area contributed by atoms with E-state index in [1.54, 1.807) is 0 Å². The van der Waals surface area contributed by atoms with Gasteiger partial charge in [-0.25, -0.2) is 4.68 Å². The second-order valence-corrected chi connectivity index (χ2v) is 5.41. The molecule has 4 heteroatoms. The Labute approximate surface area is 120 Å². The predicted octanol–water partition coefficient (Wildman–Crippen LogP) is 2.64. The van der Waals surface area contributed by atoms with Crippen LogP contribution < -0.4 is 5.32 Å². The number of aromatic nitrogens is 3. The fourth-order valence-corrected chi connectivity index (χ4v) is 2.41. The summed E-state index contributed by atoms with van der Waals surface area (Å²) in [6.07, 6.45) is 8.38. The summed E-state index contributed by atoms with van der Waals surface area (Å²) in [7, 11) is 0. The molecule has 2 aromatic heterocycles. The minimum atomic E-state index is 0.706. The van der Waals surface area contributed by atoms with Crippen molar-refractivity contribution in [3.8, 4) is 5.69 Å². The van der Waals surface area contributed by atoms with Crippen LogP contribution in [0.1, 0.15) is 43.6 Å². The van der Waals surface area contributed by atoms with Crippen molar-refractivity contribution < 1.29 is 0 Å². The molecule has 0 amide bonds. The Hall–Kier alpha value is -1.68. The maximum atomic E-state index is 4.73. The number of rotatable bonds is 6. The van der Waals surface area contributed by atoms with E-state index >= 15 is 0 Å². The molecule has 4 nitrogen and oxygen atoms in total. The lowest BCUT2D eigenvalue weighted by atomic mass is 10.2. The first-order valence-corrected chi connectivity index (χ1v) is 7.56. The normalized spacial score (nSPS) is 14.7. The number of aryl methyl sites for hydroxylation is 2. The van der Waals surface area contributed by atoms with Crippen LogP contribution in [-0.4, -0.2) is 20.8 Å². The lowest BCUT2D eigenvalue weighted by Crippen LogP contribution is -2.17. The molecule has 1 aliphatic carbocycles. The lowest BCUT2D eigenvalue weighted by molar-refractivity contribution is 0.675. The molecule has 0 bridgehead atoms. The fraction of sp³-hybridized carbons (Fsp3) is 0.500. The topological polar surface area (TPSA) is 42.7 Å². The van der Waals surface area contributed by atoms with E-state index in [2.05, 4.69) is 41.0 Å². The highest BCUT2D eigenvalue weighted by Crippen LogP contribution is 2.21. The van der Waals surface area contributed by atoms with Crippen LogP contribution in [0.15, 0.2) is 24.5 Å². The summed E-state index contributed by atoms with van der Waals surface area (Å²) in [5, 5.41) is 8.29. The van der Waals surface area contributed by atoms with Crippen molar-refractivity contribution >= 4 is 0 Å². The average molecular weight is 270 g/mol. The molecule has 2 heterocycles. The van der Waals surface area contributed by atoms with Gasteiger partial charge in [-0.1, -0.05) is 13.8 Å². The van der Waals surface area contributed by atoms with Gasteiger partial charge in [-0.05, 0) is 37.8 Å². The number of nitrogens with zero attached hydrogens (tertiary/aromatic N) is 3. The van der Waals surface area contributed by atoms with Crippen molar-refractivity contribution in [3.05, 3.63) is 41.5 Å². The zero-order chi connectivity index (χ0) is 13.9. The van der Waals surface area contributed by atoms with E-state index in [-0.39, 0.29) is 0 Å². The van der Waals surface area contributed by atoms with Gasteiger partial charge in [0.15, 0.2) is 0 Å². The number of nitrogens with one attached hydrogen (secondary N) is 1. The van der Waals surface area contributed by atoms with Gasteiger partial charge in [0.2, 0.25) is 0 Å². The first-order chi connectivity index (χ1) is 9.81. The van der Waals surface area contributed by atoms with Gasteiger partial charge in [-0.3, -0.25) is 4.98 Å². The monoisotopic (exact) mass is 270 g/mol. The predicted molar refractivity (Wildman–Crippen MR) is 80.0 cm³/mol. The SMILES string of the molecule is CCc1cc(CC)n(-c2ccncc2CNC2CC2)n1. The Morgan fingerprint density at radius 3 is 2.85 bits per heavy atom. The average Bonchev–Trinajstić information content (AvgIpc) is 3.23. The molecule has 2 aromatic rings. The van der Waals surface area contributed by atoms with Crippen LogP contribution in [-0.2, 0) is 19.4 Å². The van der Waals surface area contributed by atoms with Gasteiger partial charge in [-0.15, -0.1) is 0 Å². The summed E-state index contributed by atoms with van der Waals surface area (Å²) >= 11 is 0. The standard InChI is InChI=1S/C16H22N4/c1-3-13-9-15(4-2)20(19-13)16-7-8-17-10-12(16)11-18-14-5-6-14/h7-10,14,18H,3-6,11H2,1-2H3. The van der Waals surface area contributed by atoms with Crippen LogP contribution in [0.3, 0.4) is 0 Å². The van der Waals surface area contributed by atoms with Crippen LogP contribution in [0.4, 0.5) is 0 Å². The Kier molecular flexibility index (Phi) is 3.83. The van der Waals surface area contributed by atoms with Gasteiger partial charge in [-0.2, -0.15) is 5.10 Å². The molecule has 0 atom stereocenters. The number of hydrogen-bond acceptors (Lipinski definition) is 3. The molecule has 0 radical (unpaired) electrons. The van der Waals surface area contributed by atoms with Gasteiger partial charge in [0.1, 0.15) is 0 Å². The summed E-state index contributed by atoms with van der Waals surface area (Å²) in [5.74, 6) is 0. The van der Waals surface area contributed by atoms with Gasteiger partial charge in [0.05, 0.1) is 11.4 Å². The molecule has 20 heavy (non-hydrogen) atoms. The first kappa shape index (κ1) is 13.3. The highest BCUT2D eigenvalue weighted by atomic mass is 15.3. The summed E-state index contributed by atoms with van der Waals surface area (Å²) in [4.78, 5) is 4.27. The molecule has 3 rings (SSSR count). The van der Waals surface area contributed by atoms with Crippen LogP contribution in [0.25, 0.3) is 5.69 Å². The van der Waals surface area contributed by atoms with Gasteiger partial charge in [0.25, 0.3) is 0 Å². The fourth-order valence-electron chi connectivity index (χ4n) is 2.41. The Morgan fingerprint density at radius 1 is 1.30 bits per heavy atom. The molecule has 0 aromatic carbocycles. The smallest absolute Gasteiger partial charge is 0.0724 e. The quantitative estimate of drug-likeness (QED) is 0.877. The molecule has 1 saturated carbocycles. The van der Waals surface area contributed by atoms with E-state index in [0.717, 1.165) is 30.8 Å². The Bertz CT molecular complexity index is 584. The third kappa shape index (κ3) is 2.75. The zero-order valence-electron chi connectivity index (χ0n) is 12.3. The minimum Gasteiger partial charge on any atom is -0.310 e. The Balaban J connectivity index is 1.93. The van der Waals surface area contributed by atoms with Crippen molar-refractivity contribution in [2.45, 2.75) is 52.1 Å². The van der Waals surface area contributed by atoms with E-state index in [1.165, 1.54) is 24.1 Å². The van der Waals surface area contributed by atoms with E-state index < -0.39 is 0 Å². The third-order valence-corrected chi connectivity index (χ3v) is 3.82. The second kappa shape index (κ2) is 5.75. The van der Waals surface area contributed by atoms with Gasteiger partial charge in [0, 0.05) is 36.2 Å². The summed E-state index contributed by atoms with van der Waals surface area (Å²) in [6, 6.07) is 4.98. The van der Waals surface area contributed by atoms with Crippen LogP contribution in [0, 0.1) is 0 Å². The summed E-state index contributed by atoms with van der Waals surface area (Å²) in [5.41, 5.74) is 4.80. The molecule has 0 unspecified atom stereocenters. The molecule has 106 valence electrons. The molecule has 0 aliphatic heterocycles. The second-order valence-electron chi connectivity index (χ2n) is 5.41. The number of pyridine rings is 1. The maximum Gasteiger partial charge on any atom is 0.0724 e. The van der Waals surface area contributed by atoms with E-state index in [0.29, 0.717) is 6.04 Å².